The van der Waals surface area contributed by atoms with E-state index in [1.165, 1.54) is 7.11 Å². The maximum absolute atomic E-state index is 12.0. The number of hydrogen-bond donors (Lipinski definition) is 1. The summed E-state index contributed by atoms with van der Waals surface area (Å²) in [4.78, 5) is 10.7. The Labute approximate surface area is 119 Å². The molecule has 0 heterocycles. The van der Waals surface area contributed by atoms with Gasteiger partial charge in [-0.1, -0.05) is 23.3 Å². The predicted octanol–water partition coefficient (Wildman–Crippen LogP) is 3.43. The fourth-order valence-electron chi connectivity index (χ4n) is 1.45. The number of carbonyl (C=O) groups excluding carboxylic acids is 1. The van der Waals surface area contributed by atoms with Crippen LogP contribution in [0.4, 0.5) is 13.2 Å². The number of halogens is 4. The lowest BCUT2D eigenvalue weighted by molar-refractivity contribution is -0.173. The van der Waals surface area contributed by atoms with Crippen molar-refractivity contribution < 1.29 is 22.7 Å². The molecule has 0 fully saturated rings. The Morgan fingerprint density at radius 2 is 2.10 bits per heavy atom. The van der Waals surface area contributed by atoms with E-state index in [0.29, 0.717) is 21.9 Å². The number of ether oxygens (including phenoxy) is 1. The van der Waals surface area contributed by atoms with Crippen molar-refractivity contribution in [2.45, 2.75) is 13.1 Å². The number of methoxy groups -OCH3 is 1. The van der Waals surface area contributed by atoms with Gasteiger partial charge in [0.15, 0.2) is 0 Å². The highest BCUT2D eigenvalue weighted by Crippen LogP contribution is 2.24. The first-order chi connectivity index (χ1) is 9.24. The summed E-state index contributed by atoms with van der Waals surface area (Å²) in [6, 6.07) is 4.91. The van der Waals surface area contributed by atoms with Crippen molar-refractivity contribution in [3.05, 3.63) is 34.4 Å². The summed E-state index contributed by atoms with van der Waals surface area (Å²) < 4.78 is 41.2. The Hall–Kier alpha value is -1.69. The van der Waals surface area contributed by atoms with Crippen LogP contribution in [0.1, 0.15) is 12.5 Å². The van der Waals surface area contributed by atoms with E-state index in [4.69, 9.17) is 16.3 Å². The third-order valence-corrected chi connectivity index (χ3v) is 2.61. The van der Waals surface area contributed by atoms with Gasteiger partial charge in [-0.05, 0) is 25.1 Å². The Balaban J connectivity index is 2.79. The predicted molar refractivity (Wildman–Crippen MR) is 70.7 cm³/mol. The molecule has 0 aliphatic rings. The van der Waals surface area contributed by atoms with Crippen LogP contribution < -0.4 is 10.1 Å². The fourth-order valence-corrected chi connectivity index (χ4v) is 1.63. The lowest BCUT2D eigenvalue weighted by Gasteiger charge is -2.09. The maximum atomic E-state index is 12.0. The van der Waals surface area contributed by atoms with Gasteiger partial charge in [0.1, 0.15) is 5.75 Å². The molecule has 110 valence electrons. The van der Waals surface area contributed by atoms with Gasteiger partial charge in [0.25, 0.3) is 0 Å². The first-order valence-electron chi connectivity index (χ1n) is 5.59. The molecule has 0 aliphatic heterocycles. The minimum absolute atomic E-state index is 0.214. The molecule has 3 nitrogen and oxygen atoms in total. The van der Waals surface area contributed by atoms with Crippen LogP contribution in [-0.2, 0) is 4.79 Å². The fraction of sp³-hybridized carbons (Fsp3) is 0.308. The van der Waals surface area contributed by atoms with E-state index in [1.54, 1.807) is 36.5 Å². The van der Waals surface area contributed by atoms with Gasteiger partial charge in [-0.25, -0.2) is 0 Å². The topological polar surface area (TPSA) is 38.3 Å². The van der Waals surface area contributed by atoms with Gasteiger partial charge >= 0.3 is 12.1 Å². The first-order valence-corrected chi connectivity index (χ1v) is 5.97. The monoisotopic (exact) mass is 307 g/mol. The number of amides is 1. The van der Waals surface area contributed by atoms with Crippen molar-refractivity contribution in [3.63, 3.8) is 0 Å². The van der Waals surface area contributed by atoms with Crippen LogP contribution in [0.3, 0.4) is 0 Å². The van der Waals surface area contributed by atoms with Gasteiger partial charge in [0.05, 0.1) is 7.11 Å². The zero-order valence-corrected chi connectivity index (χ0v) is 11.6. The van der Waals surface area contributed by atoms with Crippen molar-refractivity contribution >= 4 is 23.6 Å². The molecule has 1 aromatic rings. The molecule has 1 rings (SSSR count). The van der Waals surface area contributed by atoms with Crippen molar-refractivity contribution in [3.8, 4) is 5.75 Å². The quantitative estimate of drug-likeness (QED) is 0.925. The molecule has 7 heteroatoms. The zero-order chi connectivity index (χ0) is 15.3. The molecule has 1 aromatic carbocycles. The van der Waals surface area contributed by atoms with Crippen LogP contribution in [0.2, 0.25) is 5.02 Å². The molecule has 0 unspecified atom stereocenters. The summed E-state index contributed by atoms with van der Waals surface area (Å²) in [7, 11) is 1.47. The summed E-state index contributed by atoms with van der Waals surface area (Å²) in [5.74, 6) is -1.43. The van der Waals surface area contributed by atoms with Crippen LogP contribution in [0.25, 0.3) is 6.08 Å². The van der Waals surface area contributed by atoms with E-state index in [-0.39, 0.29) is 6.54 Å². The summed E-state index contributed by atoms with van der Waals surface area (Å²) in [5, 5.41) is 2.26. The third kappa shape index (κ3) is 4.77. The highest BCUT2D eigenvalue weighted by Gasteiger charge is 2.38. The lowest BCUT2D eigenvalue weighted by Crippen LogP contribution is -2.37. The van der Waals surface area contributed by atoms with E-state index in [2.05, 4.69) is 0 Å². The van der Waals surface area contributed by atoms with Gasteiger partial charge in [-0.2, -0.15) is 13.2 Å². The second kappa shape index (κ2) is 6.65. The van der Waals surface area contributed by atoms with Crippen molar-refractivity contribution in [1.29, 1.82) is 0 Å². The number of nitrogens with one attached hydrogen (secondary N) is 1. The average Bonchev–Trinajstić information content (AvgIpc) is 2.35. The molecule has 0 aliphatic carbocycles. The zero-order valence-electron chi connectivity index (χ0n) is 10.8. The number of hydrogen-bond acceptors (Lipinski definition) is 2. The maximum Gasteiger partial charge on any atom is 0.471 e. The minimum atomic E-state index is -4.88. The summed E-state index contributed by atoms with van der Waals surface area (Å²) in [5.41, 5.74) is 1.15. The molecule has 0 aromatic heterocycles. The number of benzene rings is 1. The van der Waals surface area contributed by atoms with E-state index >= 15 is 0 Å². The third-order valence-electron chi connectivity index (χ3n) is 2.38. The second-order valence-electron chi connectivity index (χ2n) is 4.06. The van der Waals surface area contributed by atoms with Crippen LogP contribution in [0.5, 0.6) is 5.75 Å². The molecule has 0 bridgehead atoms. The van der Waals surface area contributed by atoms with E-state index in [9.17, 15) is 18.0 Å². The minimum Gasteiger partial charge on any atom is -0.496 e. The van der Waals surface area contributed by atoms with E-state index < -0.39 is 12.1 Å². The number of rotatable bonds is 4. The van der Waals surface area contributed by atoms with Crippen LogP contribution in [-0.4, -0.2) is 25.7 Å². The van der Waals surface area contributed by atoms with Crippen LogP contribution in [0, 0.1) is 0 Å². The lowest BCUT2D eigenvalue weighted by atomic mass is 10.1. The van der Waals surface area contributed by atoms with Crippen LogP contribution in [0.15, 0.2) is 23.8 Å². The van der Waals surface area contributed by atoms with E-state index in [1.807, 2.05) is 0 Å². The van der Waals surface area contributed by atoms with Gasteiger partial charge in [0.2, 0.25) is 0 Å². The molecular formula is C13H13ClF3NO2. The highest BCUT2D eigenvalue weighted by atomic mass is 35.5. The van der Waals surface area contributed by atoms with Gasteiger partial charge in [-0.3, -0.25) is 4.79 Å². The van der Waals surface area contributed by atoms with Gasteiger partial charge in [-0.15, -0.1) is 0 Å². The molecule has 1 N–H and O–H groups in total. The molecule has 0 saturated heterocycles. The second-order valence-corrected chi connectivity index (χ2v) is 4.49. The Morgan fingerprint density at radius 1 is 1.45 bits per heavy atom. The molecule has 0 radical (unpaired) electrons. The SMILES string of the molecule is COc1ccc(Cl)cc1/C=C(\C)CNC(=O)C(F)(F)F. The molecule has 0 saturated carbocycles. The van der Waals surface area contributed by atoms with Gasteiger partial charge < -0.3 is 10.1 Å². The summed E-state index contributed by atoms with van der Waals surface area (Å²) in [6.07, 6.45) is -3.28. The normalized spacial score (nSPS) is 12.2. The van der Waals surface area contributed by atoms with Crippen LogP contribution >= 0.6 is 11.6 Å². The summed E-state index contributed by atoms with van der Waals surface area (Å²) in [6.45, 7) is 1.38. The van der Waals surface area contributed by atoms with Gasteiger partial charge in [0, 0.05) is 17.1 Å². The van der Waals surface area contributed by atoms with Crippen molar-refractivity contribution in [2.75, 3.05) is 13.7 Å². The summed E-state index contributed by atoms with van der Waals surface area (Å²) >= 11 is 5.84. The molecule has 0 spiro atoms. The standard InChI is InChI=1S/C13H13ClF3NO2/c1-8(7-18-12(19)13(15,16)17)5-9-6-10(14)3-4-11(9)20-2/h3-6H,7H2,1-2H3,(H,18,19)/b8-5+. The largest absolute Gasteiger partial charge is 0.496 e. The first kappa shape index (κ1) is 16.4. The molecule has 1 amide bonds. The smallest absolute Gasteiger partial charge is 0.471 e. The Morgan fingerprint density at radius 3 is 2.65 bits per heavy atom. The number of alkyl halides is 3. The van der Waals surface area contributed by atoms with Crippen molar-refractivity contribution in [1.82, 2.24) is 5.32 Å². The van der Waals surface area contributed by atoms with E-state index in [0.717, 1.165) is 0 Å². The molecular weight excluding hydrogens is 295 g/mol. The highest BCUT2D eigenvalue weighted by molar-refractivity contribution is 6.30. The molecule has 20 heavy (non-hydrogen) atoms. The Kier molecular flexibility index (Phi) is 5.44. The van der Waals surface area contributed by atoms with Crippen molar-refractivity contribution in [2.24, 2.45) is 0 Å². The Bertz CT molecular complexity index is 527. The number of carbonyl (C=O) groups is 1. The average molecular weight is 308 g/mol. The molecule has 0 atom stereocenters.